The summed E-state index contributed by atoms with van der Waals surface area (Å²) in [6.45, 7) is 6.93. The standard InChI is InChI=1S/C16H20N4O2S/c1-16(2,3)22-15(21)20-7-6-11-8-12(4-5-14(11)20)17-9-13-10-23-19-18-13/h4-5,8,10,17H,6-7,9H2,1-3H3. The fourth-order valence-electron chi connectivity index (χ4n) is 2.47. The lowest BCUT2D eigenvalue weighted by molar-refractivity contribution is 0.0584. The van der Waals surface area contributed by atoms with Crippen LogP contribution in [-0.2, 0) is 17.7 Å². The molecule has 0 radical (unpaired) electrons. The van der Waals surface area contributed by atoms with Gasteiger partial charge in [-0.15, -0.1) is 5.10 Å². The number of fused-ring (bicyclic) bond motifs is 1. The van der Waals surface area contributed by atoms with Crippen molar-refractivity contribution in [3.05, 3.63) is 34.8 Å². The average Bonchev–Trinajstić information content (AvgIpc) is 3.12. The van der Waals surface area contributed by atoms with Gasteiger partial charge in [-0.1, -0.05) is 4.49 Å². The van der Waals surface area contributed by atoms with Gasteiger partial charge in [-0.25, -0.2) is 4.79 Å². The zero-order valence-corrected chi connectivity index (χ0v) is 14.3. The Balaban J connectivity index is 1.68. The zero-order chi connectivity index (χ0) is 16.4. The molecule has 23 heavy (non-hydrogen) atoms. The van der Waals surface area contributed by atoms with E-state index in [1.807, 2.05) is 38.3 Å². The SMILES string of the molecule is CC(C)(C)OC(=O)N1CCc2cc(NCc3csnn3)ccc21. The summed E-state index contributed by atoms with van der Waals surface area (Å²) in [6, 6.07) is 6.02. The van der Waals surface area contributed by atoms with Crippen LogP contribution in [0.4, 0.5) is 16.2 Å². The third kappa shape index (κ3) is 3.79. The largest absolute Gasteiger partial charge is 0.443 e. The molecule has 0 aliphatic carbocycles. The highest BCUT2D eigenvalue weighted by molar-refractivity contribution is 7.03. The van der Waals surface area contributed by atoms with Crippen LogP contribution in [0.2, 0.25) is 0 Å². The Kier molecular flexibility index (Phi) is 4.21. The minimum atomic E-state index is -0.483. The first-order chi connectivity index (χ1) is 10.9. The maximum Gasteiger partial charge on any atom is 0.414 e. The lowest BCUT2D eigenvalue weighted by atomic mass is 10.1. The number of carbonyl (C=O) groups is 1. The van der Waals surface area contributed by atoms with Crippen molar-refractivity contribution in [2.45, 2.75) is 39.3 Å². The van der Waals surface area contributed by atoms with Crippen LogP contribution >= 0.6 is 11.5 Å². The Labute approximate surface area is 139 Å². The van der Waals surface area contributed by atoms with Gasteiger partial charge in [0.2, 0.25) is 0 Å². The van der Waals surface area contributed by atoms with Crippen LogP contribution in [0.3, 0.4) is 0 Å². The predicted molar refractivity (Wildman–Crippen MR) is 91.0 cm³/mol. The molecule has 2 aromatic rings. The molecule has 0 fully saturated rings. The molecular weight excluding hydrogens is 312 g/mol. The van der Waals surface area contributed by atoms with Gasteiger partial charge in [0.15, 0.2) is 0 Å². The number of hydrogen-bond acceptors (Lipinski definition) is 6. The van der Waals surface area contributed by atoms with Gasteiger partial charge in [0, 0.05) is 17.6 Å². The van der Waals surface area contributed by atoms with Crippen molar-refractivity contribution >= 4 is 29.0 Å². The molecule has 2 heterocycles. The molecule has 0 unspecified atom stereocenters. The minimum absolute atomic E-state index is 0.287. The number of hydrogen-bond donors (Lipinski definition) is 1. The first-order valence-electron chi connectivity index (χ1n) is 7.56. The molecular formula is C16H20N4O2S. The van der Waals surface area contributed by atoms with Crippen LogP contribution in [0.15, 0.2) is 23.6 Å². The van der Waals surface area contributed by atoms with E-state index < -0.39 is 5.60 Å². The zero-order valence-electron chi connectivity index (χ0n) is 13.5. The van der Waals surface area contributed by atoms with Gasteiger partial charge in [-0.05, 0) is 62.5 Å². The van der Waals surface area contributed by atoms with E-state index in [1.54, 1.807) is 4.90 Å². The number of rotatable bonds is 3. The Hall–Kier alpha value is -2.15. The number of anilines is 2. The molecule has 1 N–H and O–H groups in total. The molecule has 1 aliphatic heterocycles. The van der Waals surface area contributed by atoms with E-state index in [0.29, 0.717) is 13.1 Å². The maximum absolute atomic E-state index is 12.3. The van der Waals surface area contributed by atoms with Gasteiger partial charge < -0.3 is 10.1 Å². The monoisotopic (exact) mass is 332 g/mol. The van der Waals surface area contributed by atoms with E-state index in [2.05, 4.69) is 21.0 Å². The van der Waals surface area contributed by atoms with E-state index in [4.69, 9.17) is 4.74 Å². The van der Waals surface area contributed by atoms with Gasteiger partial charge in [0.1, 0.15) is 5.60 Å². The molecule has 1 aromatic carbocycles. The molecule has 7 heteroatoms. The van der Waals surface area contributed by atoms with Crippen LogP contribution in [-0.4, -0.2) is 27.8 Å². The minimum Gasteiger partial charge on any atom is -0.443 e. The van der Waals surface area contributed by atoms with Crippen LogP contribution in [0.5, 0.6) is 0 Å². The van der Waals surface area contributed by atoms with Crippen LogP contribution in [0.25, 0.3) is 0 Å². The number of benzene rings is 1. The highest BCUT2D eigenvalue weighted by Crippen LogP contribution is 2.31. The normalized spacial score (nSPS) is 13.8. The number of ether oxygens (including phenoxy) is 1. The molecule has 122 valence electrons. The van der Waals surface area contributed by atoms with Crippen LogP contribution < -0.4 is 10.2 Å². The quantitative estimate of drug-likeness (QED) is 0.932. The fraction of sp³-hybridized carbons (Fsp3) is 0.438. The molecule has 0 saturated heterocycles. The Morgan fingerprint density at radius 2 is 2.26 bits per heavy atom. The fourth-order valence-corrected chi connectivity index (χ4v) is 2.92. The third-order valence-corrected chi connectivity index (χ3v) is 4.02. The summed E-state index contributed by atoms with van der Waals surface area (Å²) in [4.78, 5) is 14.0. The number of carbonyl (C=O) groups excluding carboxylic acids is 1. The van der Waals surface area contributed by atoms with E-state index in [1.165, 1.54) is 11.5 Å². The predicted octanol–water partition coefficient (Wildman–Crippen LogP) is 3.45. The van der Waals surface area contributed by atoms with E-state index in [9.17, 15) is 4.79 Å². The van der Waals surface area contributed by atoms with Crippen LogP contribution in [0, 0.1) is 0 Å². The number of nitrogens with one attached hydrogen (secondary N) is 1. The summed E-state index contributed by atoms with van der Waals surface area (Å²) in [5, 5.41) is 9.26. The molecule has 0 atom stereocenters. The van der Waals surface area contributed by atoms with Crippen molar-refractivity contribution in [3.63, 3.8) is 0 Å². The lowest BCUT2D eigenvalue weighted by Crippen LogP contribution is -2.35. The summed E-state index contributed by atoms with van der Waals surface area (Å²) in [5.41, 5.74) is 3.54. The Morgan fingerprint density at radius 3 is 2.96 bits per heavy atom. The summed E-state index contributed by atoms with van der Waals surface area (Å²) in [7, 11) is 0. The highest BCUT2D eigenvalue weighted by atomic mass is 32.1. The summed E-state index contributed by atoms with van der Waals surface area (Å²) in [6.07, 6.45) is 0.549. The van der Waals surface area contributed by atoms with Crippen molar-refractivity contribution in [1.82, 2.24) is 9.59 Å². The second-order valence-electron chi connectivity index (χ2n) is 6.48. The Bertz CT molecular complexity index is 695. The number of aromatic nitrogens is 2. The lowest BCUT2D eigenvalue weighted by Gasteiger charge is -2.24. The molecule has 1 aliphatic rings. The first-order valence-corrected chi connectivity index (χ1v) is 8.39. The number of amides is 1. The molecule has 1 amide bonds. The van der Waals surface area contributed by atoms with Gasteiger partial charge in [0.05, 0.1) is 17.9 Å². The van der Waals surface area contributed by atoms with Crippen molar-refractivity contribution in [1.29, 1.82) is 0 Å². The van der Waals surface area contributed by atoms with Crippen molar-refractivity contribution < 1.29 is 9.53 Å². The second-order valence-corrected chi connectivity index (χ2v) is 7.09. The topological polar surface area (TPSA) is 67.3 Å². The summed E-state index contributed by atoms with van der Waals surface area (Å²) in [5.74, 6) is 0. The average molecular weight is 332 g/mol. The van der Waals surface area contributed by atoms with Gasteiger partial charge >= 0.3 is 6.09 Å². The van der Waals surface area contributed by atoms with Gasteiger partial charge in [-0.2, -0.15) is 0 Å². The summed E-state index contributed by atoms with van der Waals surface area (Å²) >= 11 is 1.34. The van der Waals surface area contributed by atoms with Crippen LogP contribution in [0.1, 0.15) is 32.0 Å². The first kappa shape index (κ1) is 15.7. The van der Waals surface area contributed by atoms with E-state index in [0.717, 1.165) is 29.1 Å². The maximum atomic E-state index is 12.3. The molecule has 0 spiro atoms. The highest BCUT2D eigenvalue weighted by Gasteiger charge is 2.28. The van der Waals surface area contributed by atoms with Crippen molar-refractivity contribution in [2.24, 2.45) is 0 Å². The molecule has 0 saturated carbocycles. The molecule has 6 nitrogen and oxygen atoms in total. The second kappa shape index (κ2) is 6.16. The van der Waals surface area contributed by atoms with Gasteiger partial charge in [0.25, 0.3) is 0 Å². The van der Waals surface area contributed by atoms with E-state index >= 15 is 0 Å². The summed E-state index contributed by atoms with van der Waals surface area (Å²) < 4.78 is 9.31. The van der Waals surface area contributed by atoms with Crippen molar-refractivity contribution in [2.75, 3.05) is 16.8 Å². The Morgan fingerprint density at radius 1 is 1.43 bits per heavy atom. The van der Waals surface area contributed by atoms with E-state index in [-0.39, 0.29) is 6.09 Å². The molecule has 3 rings (SSSR count). The van der Waals surface area contributed by atoms with Gasteiger partial charge in [-0.3, -0.25) is 4.90 Å². The molecule has 1 aromatic heterocycles. The smallest absolute Gasteiger partial charge is 0.414 e. The number of nitrogens with zero attached hydrogens (tertiary/aromatic N) is 3. The van der Waals surface area contributed by atoms with Crippen molar-refractivity contribution in [3.8, 4) is 0 Å². The molecule has 0 bridgehead atoms. The third-order valence-electron chi connectivity index (χ3n) is 3.47.